The van der Waals surface area contributed by atoms with Crippen molar-refractivity contribution in [2.75, 3.05) is 36.9 Å². The van der Waals surface area contributed by atoms with E-state index in [2.05, 4.69) is 10.6 Å². The summed E-state index contributed by atoms with van der Waals surface area (Å²) in [6.07, 6.45) is -2.43. The summed E-state index contributed by atoms with van der Waals surface area (Å²) in [5.74, 6) is 0. The van der Waals surface area contributed by atoms with Gasteiger partial charge < -0.3 is 19.1 Å². The molecule has 0 radical (unpaired) electrons. The number of hydrogen-bond donors (Lipinski definition) is 2. The highest BCUT2D eigenvalue weighted by atomic mass is 35.5. The number of carbonyl (C=O) groups is 3. The SMILES string of the molecule is CC(C)OC(=O)N(CCOC(=O)Nc1ccccc1Cl)CCOC(=O)Nc1ccccc1Cl. The topological polar surface area (TPSA) is 106 Å². The van der Waals surface area contributed by atoms with Gasteiger partial charge in [0.1, 0.15) is 13.2 Å². The third kappa shape index (κ3) is 9.46. The molecule has 0 unspecified atom stereocenters. The fraction of sp³-hybridized carbons (Fsp3) is 0.318. The molecule has 0 aliphatic carbocycles. The van der Waals surface area contributed by atoms with Gasteiger partial charge in [0.2, 0.25) is 0 Å². The molecule has 2 rings (SSSR count). The van der Waals surface area contributed by atoms with Crippen molar-refractivity contribution in [2.45, 2.75) is 20.0 Å². The minimum atomic E-state index is -0.726. The summed E-state index contributed by atoms with van der Waals surface area (Å²) in [6.45, 7) is 3.23. The average Bonchev–Trinajstić information content (AvgIpc) is 2.75. The molecule has 0 aliphatic heterocycles. The summed E-state index contributed by atoms with van der Waals surface area (Å²) in [7, 11) is 0. The number of para-hydroxylation sites is 2. The van der Waals surface area contributed by atoms with Gasteiger partial charge in [0, 0.05) is 0 Å². The second-order valence-corrected chi connectivity index (χ2v) is 7.72. The maximum absolute atomic E-state index is 12.3. The lowest BCUT2D eigenvalue weighted by atomic mass is 10.3. The van der Waals surface area contributed by atoms with E-state index < -0.39 is 18.3 Å². The standard InChI is InChI=1S/C22H25Cl2N3O6/c1-15(2)33-22(30)27(11-13-31-20(28)25-18-9-5-3-7-16(18)23)12-14-32-21(29)26-19-10-6-4-8-17(19)24/h3-10,15H,11-14H2,1-2H3,(H,25,28)(H,26,29). The third-order valence-corrected chi connectivity index (χ3v) is 4.66. The van der Waals surface area contributed by atoms with E-state index in [0.717, 1.165) is 0 Å². The lowest BCUT2D eigenvalue weighted by Gasteiger charge is -2.23. The van der Waals surface area contributed by atoms with Crippen LogP contribution in [0.1, 0.15) is 13.8 Å². The van der Waals surface area contributed by atoms with Gasteiger partial charge in [-0.2, -0.15) is 0 Å². The Labute approximate surface area is 201 Å². The summed E-state index contributed by atoms with van der Waals surface area (Å²) >= 11 is 12.0. The minimum absolute atomic E-state index is 0.0248. The zero-order valence-corrected chi connectivity index (χ0v) is 19.7. The number of amides is 3. The maximum atomic E-state index is 12.3. The molecule has 0 aromatic heterocycles. The van der Waals surface area contributed by atoms with E-state index in [1.54, 1.807) is 62.4 Å². The number of halogens is 2. The highest BCUT2D eigenvalue weighted by molar-refractivity contribution is 6.34. The van der Waals surface area contributed by atoms with Crippen LogP contribution in [-0.4, -0.2) is 55.6 Å². The molecule has 0 bridgehead atoms. The first-order valence-electron chi connectivity index (χ1n) is 10.1. The lowest BCUT2D eigenvalue weighted by molar-refractivity contribution is 0.0600. The molecule has 33 heavy (non-hydrogen) atoms. The summed E-state index contributed by atoms with van der Waals surface area (Å²) in [5.41, 5.74) is 0.802. The Bertz CT molecular complexity index is 892. The monoisotopic (exact) mass is 497 g/mol. The highest BCUT2D eigenvalue weighted by Crippen LogP contribution is 2.21. The van der Waals surface area contributed by atoms with Crippen molar-refractivity contribution in [3.05, 3.63) is 58.6 Å². The number of nitrogens with zero attached hydrogens (tertiary/aromatic N) is 1. The molecule has 0 saturated heterocycles. The Balaban J connectivity index is 1.82. The summed E-state index contributed by atoms with van der Waals surface area (Å²) < 4.78 is 15.4. The Kier molecular flexibility index (Phi) is 10.6. The first-order valence-corrected chi connectivity index (χ1v) is 10.8. The molecule has 0 fully saturated rings. The van der Waals surface area contributed by atoms with Gasteiger partial charge in [0.05, 0.1) is 40.6 Å². The van der Waals surface area contributed by atoms with Crippen molar-refractivity contribution in [3.8, 4) is 0 Å². The Morgan fingerprint density at radius 3 is 1.64 bits per heavy atom. The highest BCUT2D eigenvalue weighted by Gasteiger charge is 2.18. The van der Waals surface area contributed by atoms with Crippen LogP contribution >= 0.6 is 23.2 Å². The van der Waals surface area contributed by atoms with Crippen molar-refractivity contribution in [2.24, 2.45) is 0 Å². The largest absolute Gasteiger partial charge is 0.447 e. The first kappa shape index (κ1) is 26.1. The second-order valence-electron chi connectivity index (χ2n) is 6.90. The molecule has 2 aromatic carbocycles. The summed E-state index contributed by atoms with van der Waals surface area (Å²) in [4.78, 5) is 37.6. The van der Waals surface area contributed by atoms with E-state index in [4.69, 9.17) is 37.4 Å². The predicted molar refractivity (Wildman–Crippen MR) is 126 cm³/mol. The molecule has 9 nitrogen and oxygen atoms in total. The quantitative estimate of drug-likeness (QED) is 0.434. The lowest BCUT2D eigenvalue weighted by Crippen LogP contribution is -2.39. The van der Waals surface area contributed by atoms with E-state index in [-0.39, 0.29) is 32.4 Å². The van der Waals surface area contributed by atoms with Crippen LogP contribution in [0.25, 0.3) is 0 Å². The molecule has 2 aromatic rings. The second kappa shape index (κ2) is 13.4. The van der Waals surface area contributed by atoms with Crippen LogP contribution in [0.4, 0.5) is 25.8 Å². The van der Waals surface area contributed by atoms with Crippen molar-refractivity contribution >= 4 is 52.9 Å². The Morgan fingerprint density at radius 1 is 0.818 bits per heavy atom. The van der Waals surface area contributed by atoms with Crippen LogP contribution in [0.5, 0.6) is 0 Å². The molecular formula is C22H25Cl2N3O6. The van der Waals surface area contributed by atoms with Gasteiger partial charge in [0.15, 0.2) is 0 Å². The molecule has 2 N–H and O–H groups in total. The molecule has 0 saturated carbocycles. The molecule has 3 amide bonds. The van der Waals surface area contributed by atoms with Crippen LogP contribution in [0.2, 0.25) is 10.0 Å². The van der Waals surface area contributed by atoms with Crippen LogP contribution in [0, 0.1) is 0 Å². The summed E-state index contributed by atoms with van der Waals surface area (Å²) in [6, 6.07) is 13.4. The molecule has 0 atom stereocenters. The van der Waals surface area contributed by atoms with Crippen LogP contribution in [0.15, 0.2) is 48.5 Å². The number of ether oxygens (including phenoxy) is 3. The van der Waals surface area contributed by atoms with Crippen LogP contribution < -0.4 is 10.6 Å². The molecular weight excluding hydrogens is 473 g/mol. The normalized spacial score (nSPS) is 10.3. The Morgan fingerprint density at radius 2 is 1.24 bits per heavy atom. The first-order chi connectivity index (χ1) is 15.8. The number of benzene rings is 2. The van der Waals surface area contributed by atoms with Gasteiger partial charge in [-0.3, -0.25) is 10.6 Å². The number of hydrogen-bond acceptors (Lipinski definition) is 6. The maximum Gasteiger partial charge on any atom is 0.411 e. The van der Waals surface area contributed by atoms with Crippen molar-refractivity contribution in [1.82, 2.24) is 4.90 Å². The van der Waals surface area contributed by atoms with Gasteiger partial charge in [0.25, 0.3) is 0 Å². The zero-order valence-electron chi connectivity index (χ0n) is 18.2. The van der Waals surface area contributed by atoms with Crippen molar-refractivity contribution < 1.29 is 28.6 Å². The zero-order chi connectivity index (χ0) is 24.2. The number of anilines is 2. The number of carbonyl (C=O) groups excluding carboxylic acids is 3. The third-order valence-electron chi connectivity index (χ3n) is 4.00. The van der Waals surface area contributed by atoms with Gasteiger partial charge in [-0.05, 0) is 38.1 Å². The van der Waals surface area contributed by atoms with Crippen LogP contribution in [-0.2, 0) is 14.2 Å². The molecule has 0 aliphatic rings. The van der Waals surface area contributed by atoms with Gasteiger partial charge in [-0.25, -0.2) is 14.4 Å². The Hall–Kier alpha value is -3.17. The number of nitrogens with one attached hydrogen (secondary N) is 2. The molecule has 0 heterocycles. The van der Waals surface area contributed by atoms with Gasteiger partial charge in [-0.1, -0.05) is 47.5 Å². The predicted octanol–water partition coefficient (Wildman–Crippen LogP) is 5.64. The molecule has 178 valence electrons. The van der Waals surface area contributed by atoms with Crippen molar-refractivity contribution in [3.63, 3.8) is 0 Å². The average molecular weight is 498 g/mol. The van der Waals surface area contributed by atoms with Crippen LogP contribution in [0.3, 0.4) is 0 Å². The van der Waals surface area contributed by atoms with E-state index in [9.17, 15) is 14.4 Å². The van der Waals surface area contributed by atoms with E-state index in [0.29, 0.717) is 21.4 Å². The summed E-state index contributed by atoms with van der Waals surface area (Å²) in [5, 5.41) is 5.76. The minimum Gasteiger partial charge on any atom is -0.447 e. The smallest absolute Gasteiger partial charge is 0.411 e. The fourth-order valence-corrected chi connectivity index (χ4v) is 2.85. The van der Waals surface area contributed by atoms with E-state index in [1.165, 1.54) is 4.90 Å². The molecule has 11 heteroatoms. The van der Waals surface area contributed by atoms with E-state index in [1.807, 2.05) is 0 Å². The van der Waals surface area contributed by atoms with Gasteiger partial charge >= 0.3 is 18.3 Å². The van der Waals surface area contributed by atoms with Gasteiger partial charge in [-0.15, -0.1) is 0 Å². The van der Waals surface area contributed by atoms with Crippen molar-refractivity contribution in [1.29, 1.82) is 0 Å². The fourth-order valence-electron chi connectivity index (χ4n) is 2.48. The molecule has 0 spiro atoms. The number of rotatable bonds is 9. The van der Waals surface area contributed by atoms with E-state index >= 15 is 0 Å².